The molecular formula is C13H15ClIN3O2S. The Morgan fingerprint density at radius 1 is 1.33 bits per heavy atom. The fourth-order valence-corrected chi connectivity index (χ4v) is 3.52. The Balaban J connectivity index is 2.70. The van der Waals surface area contributed by atoms with Crippen LogP contribution in [0.1, 0.15) is 19.4 Å². The van der Waals surface area contributed by atoms with Crippen LogP contribution in [0.5, 0.6) is 0 Å². The topological polar surface area (TPSA) is 64.8 Å². The van der Waals surface area contributed by atoms with Crippen LogP contribution in [0.15, 0.2) is 23.4 Å². The van der Waals surface area contributed by atoms with Gasteiger partial charge in [0.2, 0.25) is 0 Å². The zero-order valence-electron chi connectivity index (χ0n) is 11.8. The van der Waals surface area contributed by atoms with E-state index >= 15 is 0 Å². The van der Waals surface area contributed by atoms with Gasteiger partial charge in [-0.05, 0) is 41.0 Å². The maximum Gasteiger partial charge on any atom is 0.296 e. The van der Waals surface area contributed by atoms with Crippen LogP contribution in [0, 0.1) is 16.4 Å². The average molecular weight is 440 g/mol. The number of nitrogens with zero attached hydrogens (tertiary/aromatic N) is 3. The van der Waals surface area contributed by atoms with Crippen molar-refractivity contribution < 1.29 is 8.42 Å². The van der Waals surface area contributed by atoms with Gasteiger partial charge in [0.05, 0.1) is 0 Å². The Morgan fingerprint density at radius 3 is 2.57 bits per heavy atom. The molecule has 0 bridgehead atoms. The Labute approximate surface area is 142 Å². The van der Waals surface area contributed by atoms with E-state index in [1.807, 2.05) is 39.0 Å². The fraction of sp³-hybridized carbons (Fsp3) is 0.385. The third-order valence-corrected chi connectivity index (χ3v) is 5.50. The second-order valence-electron chi connectivity index (χ2n) is 5.18. The summed E-state index contributed by atoms with van der Waals surface area (Å²) in [6.45, 7) is 6.46. The number of hydrogen-bond acceptors (Lipinski definition) is 4. The van der Waals surface area contributed by atoms with Gasteiger partial charge >= 0.3 is 0 Å². The number of aromatic nitrogens is 3. The van der Waals surface area contributed by atoms with Gasteiger partial charge in [-0.2, -0.15) is 0 Å². The van der Waals surface area contributed by atoms with E-state index in [4.69, 9.17) is 10.7 Å². The van der Waals surface area contributed by atoms with Crippen molar-refractivity contribution in [1.29, 1.82) is 0 Å². The average Bonchev–Trinajstić information content (AvgIpc) is 2.75. The van der Waals surface area contributed by atoms with Crippen LogP contribution < -0.4 is 0 Å². The second-order valence-corrected chi connectivity index (χ2v) is 8.72. The lowest BCUT2D eigenvalue weighted by molar-refractivity contribution is 0.488. The first-order valence-electron chi connectivity index (χ1n) is 6.35. The van der Waals surface area contributed by atoms with Gasteiger partial charge in [0, 0.05) is 26.4 Å². The van der Waals surface area contributed by atoms with E-state index in [2.05, 4.69) is 32.8 Å². The minimum atomic E-state index is -3.93. The summed E-state index contributed by atoms with van der Waals surface area (Å²) in [6, 6.07) is 5.81. The smallest absolute Gasteiger partial charge is 0.296 e. The monoisotopic (exact) mass is 439 g/mol. The summed E-state index contributed by atoms with van der Waals surface area (Å²) in [5.41, 5.74) is 1.96. The van der Waals surface area contributed by atoms with E-state index in [9.17, 15) is 8.42 Å². The van der Waals surface area contributed by atoms with Gasteiger partial charge in [-0.3, -0.25) is 4.57 Å². The van der Waals surface area contributed by atoms with E-state index < -0.39 is 9.05 Å². The highest BCUT2D eigenvalue weighted by molar-refractivity contribution is 14.1. The van der Waals surface area contributed by atoms with E-state index in [1.54, 1.807) is 4.57 Å². The Hall–Kier alpha value is -0.670. The van der Waals surface area contributed by atoms with Gasteiger partial charge in [-0.1, -0.05) is 32.0 Å². The quantitative estimate of drug-likeness (QED) is 0.541. The standard InChI is InChI=1S/C13H15ClIN3O2S/c1-8(2)7-18-12(16-17-13(18)21(14,19)20)10-6-4-5-9(3)11(10)15/h4-6,8H,7H2,1-3H3. The lowest BCUT2D eigenvalue weighted by Gasteiger charge is -2.13. The van der Waals surface area contributed by atoms with Crippen LogP contribution in [0.4, 0.5) is 0 Å². The van der Waals surface area contributed by atoms with E-state index in [0.717, 1.165) is 14.7 Å². The van der Waals surface area contributed by atoms with Crippen molar-refractivity contribution >= 4 is 42.3 Å². The van der Waals surface area contributed by atoms with Crippen molar-refractivity contribution in [2.45, 2.75) is 32.5 Å². The molecule has 0 amide bonds. The van der Waals surface area contributed by atoms with Crippen LogP contribution in [-0.2, 0) is 15.6 Å². The molecule has 0 spiro atoms. The number of aryl methyl sites for hydroxylation is 1. The van der Waals surface area contributed by atoms with Crippen molar-refractivity contribution in [2.24, 2.45) is 5.92 Å². The molecule has 0 fully saturated rings. The van der Waals surface area contributed by atoms with E-state index in [-0.39, 0.29) is 11.1 Å². The zero-order valence-corrected chi connectivity index (χ0v) is 15.6. The fourth-order valence-electron chi connectivity index (χ4n) is 2.02. The Kier molecular flexibility index (Phi) is 4.94. The normalized spacial score (nSPS) is 12.1. The number of halogens is 2. The minimum Gasteiger partial charge on any atom is -0.297 e. The summed E-state index contributed by atoms with van der Waals surface area (Å²) in [4.78, 5) is 0. The Morgan fingerprint density at radius 2 is 2.00 bits per heavy atom. The number of hydrogen-bond donors (Lipinski definition) is 0. The molecule has 21 heavy (non-hydrogen) atoms. The largest absolute Gasteiger partial charge is 0.297 e. The highest BCUT2D eigenvalue weighted by atomic mass is 127. The third kappa shape index (κ3) is 3.57. The molecule has 0 atom stereocenters. The first kappa shape index (κ1) is 16.7. The van der Waals surface area contributed by atoms with Crippen molar-refractivity contribution in [3.63, 3.8) is 0 Å². The summed E-state index contributed by atoms with van der Waals surface area (Å²) in [5.74, 6) is 0.760. The molecule has 0 N–H and O–H groups in total. The highest BCUT2D eigenvalue weighted by Gasteiger charge is 2.24. The molecule has 0 radical (unpaired) electrons. The van der Waals surface area contributed by atoms with E-state index in [0.29, 0.717) is 12.4 Å². The lowest BCUT2D eigenvalue weighted by Crippen LogP contribution is -2.12. The lowest BCUT2D eigenvalue weighted by atomic mass is 10.1. The molecule has 1 aromatic heterocycles. The first-order chi connectivity index (χ1) is 9.71. The summed E-state index contributed by atoms with van der Waals surface area (Å²) < 4.78 is 25.9. The van der Waals surface area contributed by atoms with Gasteiger partial charge in [0.25, 0.3) is 14.2 Å². The number of benzene rings is 1. The summed E-state index contributed by atoms with van der Waals surface area (Å²) in [5, 5.41) is 7.63. The molecule has 5 nitrogen and oxygen atoms in total. The molecular weight excluding hydrogens is 425 g/mol. The van der Waals surface area contributed by atoms with Crippen molar-refractivity contribution in [3.05, 3.63) is 27.3 Å². The maximum absolute atomic E-state index is 11.7. The molecule has 0 aliphatic carbocycles. The molecule has 0 saturated carbocycles. The summed E-state index contributed by atoms with van der Waals surface area (Å²) >= 11 is 2.23. The summed E-state index contributed by atoms with van der Waals surface area (Å²) in [7, 11) is 1.54. The molecule has 2 rings (SSSR count). The predicted octanol–water partition coefficient (Wildman–Crippen LogP) is 3.44. The predicted molar refractivity (Wildman–Crippen MR) is 90.8 cm³/mol. The molecule has 1 aromatic carbocycles. The van der Waals surface area contributed by atoms with Crippen LogP contribution in [0.2, 0.25) is 0 Å². The molecule has 8 heteroatoms. The molecule has 0 saturated heterocycles. The van der Waals surface area contributed by atoms with Gasteiger partial charge in [-0.15, -0.1) is 10.2 Å². The minimum absolute atomic E-state index is 0.204. The molecule has 0 unspecified atom stereocenters. The first-order valence-corrected chi connectivity index (χ1v) is 9.74. The number of rotatable bonds is 4. The van der Waals surface area contributed by atoms with Gasteiger partial charge in [0.15, 0.2) is 5.82 Å². The van der Waals surface area contributed by atoms with Crippen LogP contribution in [0.25, 0.3) is 11.4 Å². The highest BCUT2D eigenvalue weighted by Crippen LogP contribution is 2.29. The van der Waals surface area contributed by atoms with Crippen molar-refractivity contribution in [3.8, 4) is 11.4 Å². The van der Waals surface area contributed by atoms with Crippen molar-refractivity contribution in [2.75, 3.05) is 0 Å². The zero-order chi connectivity index (χ0) is 15.8. The van der Waals surface area contributed by atoms with Gasteiger partial charge in [0.1, 0.15) is 0 Å². The van der Waals surface area contributed by atoms with Crippen molar-refractivity contribution in [1.82, 2.24) is 14.8 Å². The summed E-state index contributed by atoms with van der Waals surface area (Å²) in [6.07, 6.45) is 0. The molecule has 1 heterocycles. The van der Waals surface area contributed by atoms with Gasteiger partial charge < -0.3 is 0 Å². The molecule has 114 valence electrons. The SMILES string of the molecule is Cc1cccc(-c2nnc(S(=O)(=O)Cl)n2CC(C)C)c1I. The maximum atomic E-state index is 11.7. The second kappa shape index (κ2) is 6.21. The molecule has 2 aromatic rings. The third-order valence-electron chi connectivity index (χ3n) is 2.92. The van der Waals surface area contributed by atoms with Crippen LogP contribution in [0.3, 0.4) is 0 Å². The van der Waals surface area contributed by atoms with E-state index in [1.165, 1.54) is 0 Å². The van der Waals surface area contributed by atoms with Crippen LogP contribution >= 0.6 is 33.3 Å². The Bertz CT molecular complexity index is 772. The molecule has 0 aliphatic rings. The van der Waals surface area contributed by atoms with Gasteiger partial charge in [-0.25, -0.2) is 8.42 Å². The van der Waals surface area contributed by atoms with Crippen LogP contribution in [-0.4, -0.2) is 23.2 Å². The molecule has 0 aliphatic heterocycles.